The SMILES string of the molecule is NC(=O)C1CC(C(=O)Nc2cccc(CN3CCCCC3=O)c2)=NN1c1ccc(F)cc1. The van der Waals surface area contributed by atoms with Crippen LogP contribution in [0.5, 0.6) is 0 Å². The van der Waals surface area contributed by atoms with Gasteiger partial charge in [-0.25, -0.2) is 4.39 Å². The molecule has 0 aliphatic carbocycles. The van der Waals surface area contributed by atoms with E-state index in [0.29, 0.717) is 24.3 Å². The molecule has 4 rings (SSSR count). The number of rotatable bonds is 6. The number of carbonyl (C=O) groups is 3. The van der Waals surface area contributed by atoms with Crippen LogP contribution in [0, 0.1) is 5.82 Å². The number of benzene rings is 2. The molecule has 1 saturated heterocycles. The van der Waals surface area contributed by atoms with Gasteiger partial charge in [0.15, 0.2) is 0 Å². The fourth-order valence-electron chi connectivity index (χ4n) is 3.90. The van der Waals surface area contributed by atoms with Crippen molar-refractivity contribution in [2.45, 2.75) is 38.3 Å². The van der Waals surface area contributed by atoms with Crippen LogP contribution in [-0.4, -0.2) is 40.9 Å². The minimum Gasteiger partial charge on any atom is -0.368 e. The maximum atomic E-state index is 13.2. The second-order valence-electron chi connectivity index (χ2n) is 7.92. The summed E-state index contributed by atoms with van der Waals surface area (Å²) in [5.41, 5.74) is 7.59. The van der Waals surface area contributed by atoms with E-state index in [0.717, 1.165) is 24.9 Å². The number of piperidine rings is 1. The zero-order valence-corrected chi connectivity index (χ0v) is 17.5. The van der Waals surface area contributed by atoms with Gasteiger partial charge in [-0.05, 0) is 54.8 Å². The third-order valence-electron chi connectivity index (χ3n) is 5.57. The minimum atomic E-state index is -0.836. The number of nitrogens with one attached hydrogen (secondary N) is 1. The van der Waals surface area contributed by atoms with Gasteiger partial charge in [-0.15, -0.1) is 0 Å². The largest absolute Gasteiger partial charge is 0.368 e. The lowest BCUT2D eigenvalue weighted by Gasteiger charge is -2.26. The quantitative estimate of drug-likeness (QED) is 0.723. The first-order valence-electron chi connectivity index (χ1n) is 10.5. The van der Waals surface area contributed by atoms with Crippen LogP contribution >= 0.6 is 0 Å². The molecule has 0 aromatic heterocycles. The van der Waals surface area contributed by atoms with E-state index in [2.05, 4.69) is 10.4 Å². The smallest absolute Gasteiger partial charge is 0.271 e. The molecule has 8 nitrogen and oxygen atoms in total. The molecule has 0 spiro atoms. The fourth-order valence-corrected chi connectivity index (χ4v) is 3.90. The summed E-state index contributed by atoms with van der Waals surface area (Å²) in [6.07, 6.45) is 2.53. The second kappa shape index (κ2) is 9.17. The Hall–Kier alpha value is -3.75. The highest BCUT2D eigenvalue weighted by molar-refractivity contribution is 6.44. The van der Waals surface area contributed by atoms with Crippen molar-refractivity contribution in [2.24, 2.45) is 10.8 Å². The van der Waals surface area contributed by atoms with Crippen molar-refractivity contribution < 1.29 is 18.8 Å². The highest BCUT2D eigenvalue weighted by Gasteiger charge is 2.35. The first-order valence-corrected chi connectivity index (χ1v) is 10.5. The van der Waals surface area contributed by atoms with Gasteiger partial charge in [0.2, 0.25) is 11.8 Å². The van der Waals surface area contributed by atoms with Crippen molar-refractivity contribution in [3.8, 4) is 0 Å². The van der Waals surface area contributed by atoms with Crippen LogP contribution in [-0.2, 0) is 20.9 Å². The summed E-state index contributed by atoms with van der Waals surface area (Å²) < 4.78 is 13.2. The third-order valence-corrected chi connectivity index (χ3v) is 5.57. The lowest BCUT2D eigenvalue weighted by molar-refractivity contribution is -0.133. The summed E-state index contributed by atoms with van der Waals surface area (Å²) in [4.78, 5) is 38.6. The van der Waals surface area contributed by atoms with Gasteiger partial charge in [-0.3, -0.25) is 19.4 Å². The molecule has 2 heterocycles. The maximum Gasteiger partial charge on any atom is 0.271 e. The van der Waals surface area contributed by atoms with Crippen molar-refractivity contribution in [3.63, 3.8) is 0 Å². The lowest BCUT2D eigenvalue weighted by Crippen LogP contribution is -2.39. The zero-order chi connectivity index (χ0) is 22.7. The first-order chi connectivity index (χ1) is 15.4. The van der Waals surface area contributed by atoms with Crippen molar-refractivity contribution >= 4 is 34.8 Å². The van der Waals surface area contributed by atoms with Gasteiger partial charge in [0.25, 0.3) is 5.91 Å². The van der Waals surface area contributed by atoms with Gasteiger partial charge in [-0.1, -0.05) is 12.1 Å². The lowest BCUT2D eigenvalue weighted by atomic mass is 10.1. The molecule has 3 N–H and O–H groups in total. The van der Waals surface area contributed by atoms with Crippen molar-refractivity contribution in [3.05, 3.63) is 59.9 Å². The standard InChI is InChI=1S/C23H24FN5O3/c24-16-7-9-18(10-8-16)29-20(22(25)31)13-19(27-29)23(32)26-17-5-3-4-15(12-17)14-28-11-2-1-6-21(28)30/h3-5,7-10,12,20H,1-2,6,11,13-14H2,(H2,25,31)(H,26,32). The molecule has 3 amide bonds. The van der Waals surface area contributed by atoms with Crippen molar-refractivity contribution in [1.82, 2.24) is 4.90 Å². The van der Waals surface area contributed by atoms with Crippen molar-refractivity contribution in [1.29, 1.82) is 0 Å². The summed E-state index contributed by atoms with van der Waals surface area (Å²) in [6, 6.07) is 11.9. The highest BCUT2D eigenvalue weighted by Crippen LogP contribution is 2.25. The minimum absolute atomic E-state index is 0.0422. The first kappa shape index (κ1) is 21.5. The summed E-state index contributed by atoms with van der Waals surface area (Å²) in [5, 5.41) is 8.42. The van der Waals surface area contributed by atoms with Crippen LogP contribution < -0.4 is 16.1 Å². The van der Waals surface area contributed by atoms with Gasteiger partial charge in [0.05, 0.1) is 5.69 Å². The number of hydrogen-bond donors (Lipinski definition) is 2. The van der Waals surface area contributed by atoms with E-state index in [1.165, 1.54) is 29.3 Å². The number of likely N-dealkylation sites (tertiary alicyclic amines) is 1. The third kappa shape index (κ3) is 4.77. The Morgan fingerprint density at radius 2 is 1.94 bits per heavy atom. The second-order valence-corrected chi connectivity index (χ2v) is 7.92. The molecule has 32 heavy (non-hydrogen) atoms. The van der Waals surface area contributed by atoms with E-state index < -0.39 is 23.7 Å². The van der Waals surface area contributed by atoms with E-state index in [1.54, 1.807) is 6.07 Å². The van der Waals surface area contributed by atoms with Crippen LogP contribution in [0.15, 0.2) is 53.6 Å². The average molecular weight is 437 g/mol. The summed E-state index contributed by atoms with van der Waals surface area (Å²) in [7, 11) is 0. The van der Waals surface area contributed by atoms with E-state index in [9.17, 15) is 18.8 Å². The molecule has 2 aliphatic rings. The summed E-state index contributed by atoms with van der Waals surface area (Å²) in [6.45, 7) is 1.23. The molecule has 1 fully saturated rings. The van der Waals surface area contributed by atoms with Gasteiger partial charge in [0, 0.05) is 31.6 Å². The number of primary amides is 1. The normalized spacial score (nSPS) is 18.5. The highest BCUT2D eigenvalue weighted by atomic mass is 19.1. The number of amides is 3. The van der Waals surface area contributed by atoms with Crippen LogP contribution in [0.4, 0.5) is 15.8 Å². The Bertz CT molecular complexity index is 1070. The molecule has 0 saturated carbocycles. The number of halogens is 1. The number of carbonyl (C=O) groups excluding carboxylic acids is 3. The van der Waals surface area contributed by atoms with E-state index >= 15 is 0 Å². The van der Waals surface area contributed by atoms with Crippen LogP contribution in [0.1, 0.15) is 31.2 Å². The predicted octanol–water partition coefficient (Wildman–Crippen LogP) is 2.40. The molecule has 166 valence electrons. The monoisotopic (exact) mass is 437 g/mol. The molecule has 2 aliphatic heterocycles. The summed E-state index contributed by atoms with van der Waals surface area (Å²) in [5.74, 6) is -1.36. The van der Waals surface area contributed by atoms with Crippen molar-refractivity contribution in [2.75, 3.05) is 16.9 Å². The van der Waals surface area contributed by atoms with Crippen LogP contribution in [0.2, 0.25) is 0 Å². The summed E-state index contributed by atoms with van der Waals surface area (Å²) >= 11 is 0. The van der Waals surface area contributed by atoms with E-state index in [4.69, 9.17) is 5.73 Å². The number of hydrogen-bond acceptors (Lipinski definition) is 5. The molecule has 0 radical (unpaired) electrons. The van der Waals surface area contributed by atoms with Crippen LogP contribution in [0.25, 0.3) is 0 Å². The maximum absolute atomic E-state index is 13.2. The molecule has 1 atom stereocenters. The van der Waals surface area contributed by atoms with E-state index in [-0.39, 0.29) is 18.0 Å². The van der Waals surface area contributed by atoms with Gasteiger partial charge >= 0.3 is 0 Å². The molecule has 9 heteroatoms. The number of anilines is 2. The topological polar surface area (TPSA) is 108 Å². The molecule has 0 bridgehead atoms. The van der Waals surface area contributed by atoms with Crippen LogP contribution in [0.3, 0.4) is 0 Å². The number of nitrogens with two attached hydrogens (primary N) is 1. The number of nitrogens with zero attached hydrogens (tertiary/aromatic N) is 3. The molecular weight excluding hydrogens is 413 g/mol. The average Bonchev–Trinajstić information content (AvgIpc) is 3.22. The van der Waals surface area contributed by atoms with Gasteiger partial charge < -0.3 is 16.0 Å². The molecule has 2 aromatic carbocycles. The fraction of sp³-hybridized carbons (Fsp3) is 0.304. The van der Waals surface area contributed by atoms with Gasteiger partial charge in [-0.2, -0.15) is 5.10 Å². The Labute approximate surface area is 184 Å². The zero-order valence-electron chi connectivity index (χ0n) is 17.5. The Kier molecular flexibility index (Phi) is 6.16. The van der Waals surface area contributed by atoms with Gasteiger partial charge in [0.1, 0.15) is 17.6 Å². The number of hydrazone groups is 1. The molecular formula is C23H24FN5O3. The molecule has 1 unspecified atom stereocenters. The Morgan fingerprint density at radius 1 is 1.16 bits per heavy atom. The predicted molar refractivity (Wildman–Crippen MR) is 118 cm³/mol. The van der Waals surface area contributed by atoms with E-state index in [1.807, 2.05) is 23.1 Å². The Balaban J connectivity index is 1.47. The Morgan fingerprint density at radius 3 is 2.66 bits per heavy atom. The molecule has 2 aromatic rings.